The highest BCUT2D eigenvalue weighted by Gasteiger charge is 2.33. The van der Waals surface area contributed by atoms with Crippen molar-refractivity contribution in [3.05, 3.63) is 35.4 Å². The molecule has 0 aromatic heterocycles. The fourth-order valence-electron chi connectivity index (χ4n) is 2.19. The highest BCUT2D eigenvalue weighted by atomic mass is 79.9. The van der Waals surface area contributed by atoms with Gasteiger partial charge in [0.25, 0.3) is 5.91 Å². The predicted octanol–water partition coefficient (Wildman–Crippen LogP) is 2.67. The Morgan fingerprint density at radius 2 is 2.06 bits per heavy atom. The van der Waals surface area contributed by atoms with Crippen molar-refractivity contribution in [2.75, 3.05) is 18.5 Å². The summed E-state index contributed by atoms with van der Waals surface area (Å²) in [7, 11) is 0. The SMILES string of the molecule is Cc1ccccc1C(=O)NC1(CBr)CCOCC1. The molecule has 0 atom stereocenters. The first-order valence-electron chi connectivity index (χ1n) is 6.19. The van der Waals surface area contributed by atoms with Crippen LogP contribution in [0.3, 0.4) is 0 Å². The number of carbonyl (C=O) groups is 1. The van der Waals surface area contributed by atoms with Gasteiger partial charge in [-0.3, -0.25) is 4.79 Å². The second-order valence-corrected chi connectivity index (χ2v) is 5.36. The molecule has 0 unspecified atom stereocenters. The molecule has 0 aliphatic carbocycles. The van der Waals surface area contributed by atoms with Gasteiger partial charge in [-0.2, -0.15) is 0 Å². The Morgan fingerprint density at radius 1 is 1.39 bits per heavy atom. The first kappa shape index (κ1) is 13.6. The Hall–Kier alpha value is -0.870. The highest BCUT2D eigenvalue weighted by Crippen LogP contribution is 2.24. The predicted molar refractivity (Wildman–Crippen MR) is 75.2 cm³/mol. The van der Waals surface area contributed by atoms with Crippen LogP contribution in [-0.2, 0) is 4.74 Å². The minimum atomic E-state index is -0.169. The fourth-order valence-corrected chi connectivity index (χ4v) is 2.89. The highest BCUT2D eigenvalue weighted by molar-refractivity contribution is 9.09. The zero-order valence-corrected chi connectivity index (χ0v) is 12.1. The molecule has 3 nitrogen and oxygen atoms in total. The van der Waals surface area contributed by atoms with Crippen molar-refractivity contribution in [1.29, 1.82) is 0 Å². The number of ether oxygens (including phenoxy) is 1. The van der Waals surface area contributed by atoms with Crippen LogP contribution in [0, 0.1) is 6.92 Å². The molecule has 18 heavy (non-hydrogen) atoms. The van der Waals surface area contributed by atoms with E-state index < -0.39 is 0 Å². The molecule has 0 spiro atoms. The molecule has 98 valence electrons. The molecule has 1 heterocycles. The first-order chi connectivity index (χ1) is 8.67. The summed E-state index contributed by atoms with van der Waals surface area (Å²) in [5.41, 5.74) is 1.59. The summed E-state index contributed by atoms with van der Waals surface area (Å²) < 4.78 is 5.37. The van der Waals surface area contributed by atoms with Gasteiger partial charge in [-0.25, -0.2) is 0 Å². The second kappa shape index (κ2) is 5.85. The van der Waals surface area contributed by atoms with E-state index in [1.807, 2.05) is 31.2 Å². The van der Waals surface area contributed by atoms with E-state index in [2.05, 4.69) is 21.2 Å². The number of benzene rings is 1. The lowest BCUT2D eigenvalue weighted by Gasteiger charge is -2.36. The zero-order chi connectivity index (χ0) is 13.0. The van der Waals surface area contributed by atoms with Crippen molar-refractivity contribution in [1.82, 2.24) is 5.32 Å². The van der Waals surface area contributed by atoms with E-state index in [1.165, 1.54) is 0 Å². The molecule has 0 saturated carbocycles. The van der Waals surface area contributed by atoms with E-state index in [-0.39, 0.29) is 11.4 Å². The molecule has 2 rings (SSSR count). The van der Waals surface area contributed by atoms with Gasteiger partial charge in [0.2, 0.25) is 0 Å². The number of halogens is 1. The molecule has 1 saturated heterocycles. The van der Waals surface area contributed by atoms with Crippen LogP contribution in [-0.4, -0.2) is 30.0 Å². The van der Waals surface area contributed by atoms with Crippen molar-refractivity contribution < 1.29 is 9.53 Å². The summed E-state index contributed by atoms with van der Waals surface area (Å²) >= 11 is 3.52. The number of amides is 1. The molecule has 1 N–H and O–H groups in total. The maximum atomic E-state index is 12.3. The summed E-state index contributed by atoms with van der Waals surface area (Å²) in [5.74, 6) is 0.00875. The molecule has 1 amide bonds. The molecule has 1 aromatic rings. The third-order valence-corrected chi connectivity index (χ3v) is 4.55. The Labute approximate surface area is 116 Å². The van der Waals surface area contributed by atoms with E-state index >= 15 is 0 Å². The largest absolute Gasteiger partial charge is 0.381 e. The third kappa shape index (κ3) is 2.93. The fraction of sp³-hybridized carbons (Fsp3) is 0.500. The van der Waals surface area contributed by atoms with Gasteiger partial charge in [0.05, 0.1) is 5.54 Å². The van der Waals surface area contributed by atoms with Crippen LogP contribution >= 0.6 is 15.9 Å². The van der Waals surface area contributed by atoms with E-state index in [4.69, 9.17) is 4.74 Å². The first-order valence-corrected chi connectivity index (χ1v) is 7.31. The van der Waals surface area contributed by atoms with E-state index in [0.29, 0.717) is 13.2 Å². The Bertz CT molecular complexity index is 428. The van der Waals surface area contributed by atoms with Crippen LogP contribution in [0.5, 0.6) is 0 Å². The summed E-state index contributed by atoms with van der Waals surface area (Å²) in [6.07, 6.45) is 1.71. The number of rotatable bonds is 3. The molecule has 0 radical (unpaired) electrons. The van der Waals surface area contributed by atoms with Gasteiger partial charge in [-0.15, -0.1) is 0 Å². The summed E-state index contributed by atoms with van der Waals surface area (Å²) in [6, 6.07) is 7.67. The van der Waals surface area contributed by atoms with Crippen molar-refractivity contribution in [2.24, 2.45) is 0 Å². The van der Waals surface area contributed by atoms with Crippen LogP contribution in [0.15, 0.2) is 24.3 Å². The standard InChI is InChI=1S/C14H18BrNO2/c1-11-4-2-3-5-12(11)13(17)16-14(10-15)6-8-18-9-7-14/h2-5H,6-10H2,1H3,(H,16,17). The van der Waals surface area contributed by atoms with Gasteiger partial charge in [-0.05, 0) is 31.4 Å². The molecular weight excluding hydrogens is 294 g/mol. The lowest BCUT2D eigenvalue weighted by molar-refractivity contribution is 0.0441. The van der Waals surface area contributed by atoms with Crippen LogP contribution in [0.2, 0.25) is 0 Å². The third-order valence-electron chi connectivity index (χ3n) is 3.47. The Morgan fingerprint density at radius 3 is 2.67 bits per heavy atom. The number of hydrogen-bond donors (Lipinski definition) is 1. The van der Waals surface area contributed by atoms with Gasteiger partial charge in [-0.1, -0.05) is 34.1 Å². The lowest BCUT2D eigenvalue weighted by Crippen LogP contribution is -2.53. The Balaban J connectivity index is 2.13. The molecular formula is C14H18BrNO2. The number of nitrogens with one attached hydrogen (secondary N) is 1. The van der Waals surface area contributed by atoms with E-state index in [0.717, 1.165) is 29.3 Å². The number of alkyl halides is 1. The van der Waals surface area contributed by atoms with Crippen LogP contribution in [0.25, 0.3) is 0 Å². The quantitative estimate of drug-likeness (QED) is 0.872. The molecule has 1 fully saturated rings. The maximum Gasteiger partial charge on any atom is 0.252 e. The normalized spacial score (nSPS) is 18.3. The molecule has 4 heteroatoms. The minimum absolute atomic E-state index is 0.00875. The van der Waals surface area contributed by atoms with Crippen molar-refractivity contribution in [3.63, 3.8) is 0 Å². The van der Waals surface area contributed by atoms with Gasteiger partial charge in [0, 0.05) is 24.1 Å². The molecule has 1 aliphatic rings. The van der Waals surface area contributed by atoms with Crippen molar-refractivity contribution in [2.45, 2.75) is 25.3 Å². The zero-order valence-electron chi connectivity index (χ0n) is 10.5. The van der Waals surface area contributed by atoms with E-state index in [1.54, 1.807) is 0 Å². The van der Waals surface area contributed by atoms with E-state index in [9.17, 15) is 4.79 Å². The summed E-state index contributed by atoms with van der Waals surface area (Å²) in [5, 5.41) is 3.94. The average molecular weight is 312 g/mol. The summed E-state index contributed by atoms with van der Waals surface area (Å²) in [6.45, 7) is 3.37. The maximum absolute atomic E-state index is 12.3. The molecule has 1 aliphatic heterocycles. The second-order valence-electron chi connectivity index (χ2n) is 4.80. The summed E-state index contributed by atoms with van der Waals surface area (Å²) in [4.78, 5) is 12.3. The minimum Gasteiger partial charge on any atom is -0.381 e. The smallest absolute Gasteiger partial charge is 0.252 e. The van der Waals surface area contributed by atoms with Gasteiger partial charge < -0.3 is 10.1 Å². The van der Waals surface area contributed by atoms with Crippen LogP contribution in [0.4, 0.5) is 0 Å². The van der Waals surface area contributed by atoms with Crippen LogP contribution in [0.1, 0.15) is 28.8 Å². The average Bonchev–Trinajstić information content (AvgIpc) is 2.40. The van der Waals surface area contributed by atoms with Crippen LogP contribution < -0.4 is 5.32 Å². The van der Waals surface area contributed by atoms with Crippen molar-refractivity contribution >= 4 is 21.8 Å². The number of hydrogen-bond acceptors (Lipinski definition) is 2. The Kier molecular flexibility index (Phi) is 4.40. The van der Waals surface area contributed by atoms with Gasteiger partial charge in [0.1, 0.15) is 0 Å². The molecule has 1 aromatic carbocycles. The molecule has 0 bridgehead atoms. The number of aryl methyl sites for hydroxylation is 1. The topological polar surface area (TPSA) is 38.3 Å². The number of carbonyl (C=O) groups excluding carboxylic acids is 1. The lowest BCUT2D eigenvalue weighted by atomic mass is 9.91. The van der Waals surface area contributed by atoms with Gasteiger partial charge >= 0.3 is 0 Å². The van der Waals surface area contributed by atoms with Crippen molar-refractivity contribution in [3.8, 4) is 0 Å². The van der Waals surface area contributed by atoms with Gasteiger partial charge in [0.15, 0.2) is 0 Å². The monoisotopic (exact) mass is 311 g/mol.